The van der Waals surface area contributed by atoms with Crippen molar-refractivity contribution in [3.8, 4) is 11.3 Å². The Morgan fingerprint density at radius 1 is 1.09 bits per heavy atom. The summed E-state index contributed by atoms with van der Waals surface area (Å²) in [7, 11) is 3.97. The van der Waals surface area contributed by atoms with Crippen LogP contribution in [0.3, 0.4) is 0 Å². The number of benzene rings is 2. The maximum atomic E-state index is 13.2. The van der Waals surface area contributed by atoms with Crippen LogP contribution in [0.2, 0.25) is 5.02 Å². The number of halogens is 1. The molecule has 2 heterocycles. The van der Waals surface area contributed by atoms with Crippen molar-refractivity contribution in [3.05, 3.63) is 59.1 Å². The smallest absolute Gasteiger partial charge is 0.407 e. The van der Waals surface area contributed by atoms with E-state index in [-0.39, 0.29) is 11.9 Å². The highest BCUT2D eigenvalue weighted by molar-refractivity contribution is 6.35. The topological polar surface area (TPSA) is 77.0 Å². The zero-order valence-electron chi connectivity index (χ0n) is 18.2. The fourth-order valence-corrected chi connectivity index (χ4v) is 4.26. The highest BCUT2D eigenvalue weighted by Gasteiger charge is 2.30. The molecule has 2 amide bonds. The van der Waals surface area contributed by atoms with Gasteiger partial charge in [0, 0.05) is 62.0 Å². The molecule has 0 unspecified atom stereocenters. The lowest BCUT2D eigenvalue weighted by molar-refractivity contribution is 0.0484. The number of carbonyl (C=O) groups excluding carboxylic acids is 1. The van der Waals surface area contributed by atoms with Gasteiger partial charge in [-0.2, -0.15) is 0 Å². The number of nitrogens with zero attached hydrogens (tertiary/aromatic N) is 4. The fraction of sp³-hybridized carbons (Fsp3) is 0.292. The van der Waals surface area contributed by atoms with Gasteiger partial charge in [0.05, 0.1) is 16.2 Å². The molecule has 1 N–H and O–H groups in total. The molecule has 0 spiro atoms. The van der Waals surface area contributed by atoms with Crippen LogP contribution in [-0.2, 0) is 0 Å². The Morgan fingerprint density at radius 3 is 2.44 bits per heavy atom. The first-order chi connectivity index (χ1) is 15.2. The molecule has 0 radical (unpaired) electrons. The van der Waals surface area contributed by atoms with Crippen LogP contribution in [0.25, 0.3) is 22.2 Å². The molecular formula is C24H25ClN4O3. The second kappa shape index (κ2) is 8.67. The van der Waals surface area contributed by atoms with Crippen LogP contribution < -0.4 is 4.90 Å². The van der Waals surface area contributed by atoms with Crippen molar-refractivity contribution in [1.82, 2.24) is 14.8 Å². The monoisotopic (exact) mass is 452 g/mol. The molecule has 166 valence electrons. The van der Waals surface area contributed by atoms with E-state index in [1.165, 1.54) is 4.90 Å². The molecule has 1 aliphatic heterocycles. The summed E-state index contributed by atoms with van der Waals surface area (Å²) < 4.78 is 0. The second-order valence-electron chi connectivity index (χ2n) is 8.24. The van der Waals surface area contributed by atoms with Gasteiger partial charge in [-0.1, -0.05) is 29.8 Å². The Balaban J connectivity index is 1.64. The molecule has 1 aromatic heterocycles. The number of piperazine rings is 1. The van der Waals surface area contributed by atoms with E-state index in [1.807, 2.05) is 62.3 Å². The van der Waals surface area contributed by atoms with Crippen molar-refractivity contribution in [2.24, 2.45) is 0 Å². The van der Waals surface area contributed by atoms with E-state index in [4.69, 9.17) is 16.6 Å². The minimum absolute atomic E-state index is 0.136. The largest absolute Gasteiger partial charge is 0.465 e. The molecule has 0 saturated carbocycles. The SMILES string of the molecule is C[C@H]1CN(C(=O)O)CCN1C(=O)c1ccc2c(Cl)cc(-c3ccc(N(C)C)cc3)nc2c1. The molecule has 0 aliphatic carbocycles. The van der Waals surface area contributed by atoms with Gasteiger partial charge in [0.2, 0.25) is 0 Å². The zero-order chi connectivity index (χ0) is 23.0. The molecule has 2 aromatic carbocycles. The van der Waals surface area contributed by atoms with Crippen LogP contribution in [0.1, 0.15) is 17.3 Å². The molecule has 4 rings (SSSR count). The Labute approximate surface area is 191 Å². The van der Waals surface area contributed by atoms with Crippen LogP contribution in [0.4, 0.5) is 10.5 Å². The maximum Gasteiger partial charge on any atom is 0.407 e. The standard InChI is InChI=1S/C24H25ClN4O3/c1-15-14-28(24(31)32)10-11-29(15)23(30)17-6-9-19-20(25)13-21(26-22(19)12-17)16-4-7-18(8-5-16)27(2)3/h4-9,12-13,15H,10-11,14H2,1-3H3,(H,31,32)/t15-/m0/s1. The molecule has 1 saturated heterocycles. The van der Waals surface area contributed by atoms with Crippen LogP contribution in [-0.4, -0.2) is 71.7 Å². The lowest BCUT2D eigenvalue weighted by Gasteiger charge is -2.38. The first kappa shape index (κ1) is 21.9. The lowest BCUT2D eigenvalue weighted by Crippen LogP contribution is -2.55. The number of hydrogen-bond acceptors (Lipinski definition) is 4. The van der Waals surface area contributed by atoms with Crippen LogP contribution in [0.15, 0.2) is 48.5 Å². The van der Waals surface area contributed by atoms with E-state index in [0.717, 1.165) is 22.3 Å². The Hall–Kier alpha value is -3.32. The van der Waals surface area contributed by atoms with Crippen LogP contribution in [0, 0.1) is 0 Å². The minimum atomic E-state index is -0.959. The Bertz CT molecular complexity index is 1180. The van der Waals surface area contributed by atoms with Gasteiger partial charge in [0.25, 0.3) is 5.91 Å². The summed E-state index contributed by atoms with van der Waals surface area (Å²) in [5.41, 5.74) is 3.92. The Kier molecular flexibility index (Phi) is 5.93. The number of pyridine rings is 1. The third-order valence-electron chi connectivity index (χ3n) is 5.84. The zero-order valence-corrected chi connectivity index (χ0v) is 19.0. The van der Waals surface area contributed by atoms with Crippen molar-refractivity contribution in [2.75, 3.05) is 38.6 Å². The van der Waals surface area contributed by atoms with Gasteiger partial charge in [0.15, 0.2) is 0 Å². The molecule has 1 fully saturated rings. The normalized spacial score (nSPS) is 16.3. The second-order valence-corrected chi connectivity index (χ2v) is 8.65. The lowest BCUT2D eigenvalue weighted by atomic mass is 10.1. The minimum Gasteiger partial charge on any atom is -0.465 e. The van der Waals surface area contributed by atoms with E-state index >= 15 is 0 Å². The number of carboxylic acid groups (broad SMARTS) is 1. The molecule has 7 nitrogen and oxygen atoms in total. The van der Waals surface area contributed by atoms with Crippen LogP contribution in [0.5, 0.6) is 0 Å². The molecule has 0 bridgehead atoms. The Morgan fingerprint density at radius 2 is 1.81 bits per heavy atom. The highest BCUT2D eigenvalue weighted by atomic mass is 35.5. The van der Waals surface area contributed by atoms with Gasteiger partial charge < -0.3 is 19.8 Å². The average molecular weight is 453 g/mol. The number of anilines is 1. The molecular weight excluding hydrogens is 428 g/mol. The maximum absolute atomic E-state index is 13.2. The summed E-state index contributed by atoms with van der Waals surface area (Å²) >= 11 is 6.54. The molecule has 3 aromatic rings. The number of aromatic nitrogens is 1. The van der Waals surface area contributed by atoms with Crippen molar-refractivity contribution in [1.29, 1.82) is 0 Å². The first-order valence-electron chi connectivity index (χ1n) is 10.4. The quantitative estimate of drug-likeness (QED) is 0.635. The van der Waals surface area contributed by atoms with E-state index < -0.39 is 6.09 Å². The van der Waals surface area contributed by atoms with Gasteiger partial charge in [0.1, 0.15) is 0 Å². The predicted molar refractivity (Wildman–Crippen MR) is 127 cm³/mol. The highest BCUT2D eigenvalue weighted by Crippen LogP contribution is 2.30. The summed E-state index contributed by atoms with van der Waals surface area (Å²) in [6.45, 7) is 2.82. The predicted octanol–water partition coefficient (Wildman–Crippen LogP) is 4.45. The van der Waals surface area contributed by atoms with E-state index in [2.05, 4.69) is 0 Å². The van der Waals surface area contributed by atoms with E-state index in [1.54, 1.807) is 17.0 Å². The van der Waals surface area contributed by atoms with Crippen molar-refractivity contribution < 1.29 is 14.7 Å². The summed E-state index contributed by atoms with van der Waals surface area (Å²) in [6, 6.07) is 15.0. The number of hydrogen-bond donors (Lipinski definition) is 1. The van der Waals surface area contributed by atoms with Crippen molar-refractivity contribution in [2.45, 2.75) is 13.0 Å². The summed E-state index contributed by atoms with van der Waals surface area (Å²) in [6.07, 6.45) is -0.959. The summed E-state index contributed by atoms with van der Waals surface area (Å²) in [5.74, 6) is -0.136. The van der Waals surface area contributed by atoms with E-state index in [0.29, 0.717) is 35.7 Å². The molecule has 32 heavy (non-hydrogen) atoms. The number of carbonyl (C=O) groups is 2. The number of amides is 2. The van der Waals surface area contributed by atoms with Gasteiger partial charge in [-0.15, -0.1) is 0 Å². The molecule has 1 atom stereocenters. The molecule has 1 aliphatic rings. The van der Waals surface area contributed by atoms with Gasteiger partial charge >= 0.3 is 6.09 Å². The summed E-state index contributed by atoms with van der Waals surface area (Å²) in [5, 5.41) is 10.6. The van der Waals surface area contributed by atoms with Gasteiger partial charge in [-0.3, -0.25) is 4.79 Å². The number of fused-ring (bicyclic) bond motifs is 1. The van der Waals surface area contributed by atoms with Crippen molar-refractivity contribution >= 4 is 40.2 Å². The average Bonchev–Trinajstić information content (AvgIpc) is 2.78. The fourth-order valence-electron chi connectivity index (χ4n) is 4.00. The van der Waals surface area contributed by atoms with Crippen LogP contribution >= 0.6 is 11.6 Å². The third kappa shape index (κ3) is 4.21. The molecule has 8 heteroatoms. The first-order valence-corrected chi connectivity index (χ1v) is 10.8. The number of rotatable bonds is 3. The van der Waals surface area contributed by atoms with E-state index in [9.17, 15) is 14.7 Å². The summed E-state index contributed by atoms with van der Waals surface area (Å²) in [4.78, 5) is 34.2. The third-order valence-corrected chi connectivity index (χ3v) is 6.16. The van der Waals surface area contributed by atoms with Gasteiger partial charge in [-0.25, -0.2) is 9.78 Å². The van der Waals surface area contributed by atoms with Crippen molar-refractivity contribution in [3.63, 3.8) is 0 Å². The van der Waals surface area contributed by atoms with Gasteiger partial charge in [-0.05, 0) is 37.3 Å².